The molecule has 2 aliphatic carbocycles. The summed E-state index contributed by atoms with van der Waals surface area (Å²) in [4.78, 5) is 18.3. The van der Waals surface area contributed by atoms with Gasteiger partial charge in [0.25, 0.3) is 0 Å². The lowest BCUT2D eigenvalue weighted by molar-refractivity contribution is 0.139. The van der Waals surface area contributed by atoms with E-state index >= 15 is 0 Å². The maximum Gasteiger partial charge on any atom is 0.159 e. The predicted molar refractivity (Wildman–Crippen MR) is 183 cm³/mol. The van der Waals surface area contributed by atoms with Crippen LogP contribution in [-0.4, -0.2) is 33.1 Å². The standard InChI is InChI=1S/C40H48F2N4O/c1-3-27-5-9-29(10-6-27)35-23-43-39(44-24-35)33-15-13-31(37(41)21-33)17-19-47-20-18-32-14-16-34(22-38(32)42)40-45-25-36(26-46-40)30-11-7-28(4-2)8-12-30/h13-16,21-30H,3-12,17-20H2,1-2H3. The molecular weight excluding hydrogens is 590 g/mol. The van der Waals surface area contributed by atoms with Crippen LogP contribution in [0.3, 0.4) is 0 Å². The Morgan fingerprint density at radius 2 is 0.957 bits per heavy atom. The quantitative estimate of drug-likeness (QED) is 0.145. The Kier molecular flexibility index (Phi) is 11.4. The minimum absolute atomic E-state index is 0.294. The average Bonchev–Trinajstić information content (AvgIpc) is 3.13. The van der Waals surface area contributed by atoms with Crippen molar-refractivity contribution in [2.75, 3.05) is 13.2 Å². The molecule has 0 radical (unpaired) electrons. The fourth-order valence-electron chi connectivity index (χ4n) is 7.45. The van der Waals surface area contributed by atoms with Crippen LogP contribution in [0.4, 0.5) is 8.78 Å². The van der Waals surface area contributed by atoms with Crippen molar-refractivity contribution >= 4 is 0 Å². The third kappa shape index (κ3) is 8.48. The first-order chi connectivity index (χ1) is 23.0. The summed E-state index contributed by atoms with van der Waals surface area (Å²) in [5.41, 5.74) is 4.87. The molecule has 248 valence electrons. The number of aromatic nitrogens is 4. The highest BCUT2D eigenvalue weighted by Gasteiger charge is 2.23. The van der Waals surface area contributed by atoms with E-state index in [1.54, 1.807) is 12.1 Å². The van der Waals surface area contributed by atoms with Gasteiger partial charge in [0.2, 0.25) is 0 Å². The number of hydrogen-bond acceptors (Lipinski definition) is 5. The molecule has 0 atom stereocenters. The van der Waals surface area contributed by atoms with Crippen molar-refractivity contribution in [3.8, 4) is 22.8 Å². The minimum atomic E-state index is -0.294. The molecule has 2 aliphatic rings. The molecule has 0 bridgehead atoms. The zero-order valence-electron chi connectivity index (χ0n) is 27.9. The average molecular weight is 639 g/mol. The number of benzene rings is 2. The molecule has 4 aromatic rings. The number of rotatable bonds is 12. The largest absolute Gasteiger partial charge is 0.381 e. The zero-order chi connectivity index (χ0) is 32.6. The molecular formula is C40H48F2N4O. The van der Waals surface area contributed by atoms with Gasteiger partial charge >= 0.3 is 0 Å². The SMILES string of the molecule is CCC1CCC(c2cnc(-c3ccc(CCOCCc4ccc(-c5ncc(C6CCC(CC)CC6)cn5)cc4F)c(F)c3)nc2)CC1. The first-order valence-electron chi connectivity index (χ1n) is 17.8. The van der Waals surface area contributed by atoms with Gasteiger partial charge in [-0.05, 0) is 122 Å². The van der Waals surface area contributed by atoms with Crippen LogP contribution < -0.4 is 0 Å². The van der Waals surface area contributed by atoms with E-state index in [-0.39, 0.29) is 11.6 Å². The Bertz CT molecular complexity index is 1460. The summed E-state index contributed by atoms with van der Waals surface area (Å²) in [6.07, 6.45) is 20.9. The van der Waals surface area contributed by atoms with Crippen molar-refractivity contribution < 1.29 is 13.5 Å². The third-order valence-corrected chi connectivity index (χ3v) is 10.8. The van der Waals surface area contributed by atoms with Crippen LogP contribution >= 0.6 is 0 Å². The lowest BCUT2D eigenvalue weighted by Crippen LogP contribution is -2.13. The van der Waals surface area contributed by atoms with Crippen molar-refractivity contribution in [2.24, 2.45) is 11.8 Å². The maximum atomic E-state index is 15.0. The molecule has 2 aromatic carbocycles. The predicted octanol–water partition coefficient (Wildman–Crippen LogP) is 10.0. The molecule has 6 rings (SSSR count). The molecule has 0 amide bonds. The van der Waals surface area contributed by atoms with E-state index in [1.165, 1.54) is 87.5 Å². The Labute approximate surface area is 278 Å². The summed E-state index contributed by atoms with van der Waals surface area (Å²) >= 11 is 0. The summed E-state index contributed by atoms with van der Waals surface area (Å²) in [5, 5.41) is 0. The first-order valence-corrected chi connectivity index (χ1v) is 17.8. The Hall–Kier alpha value is -3.58. The van der Waals surface area contributed by atoms with Crippen LogP contribution in [0.1, 0.15) is 112 Å². The van der Waals surface area contributed by atoms with Crippen LogP contribution in [-0.2, 0) is 17.6 Å². The molecule has 0 unspecified atom stereocenters. The van der Waals surface area contributed by atoms with Gasteiger partial charge in [-0.3, -0.25) is 0 Å². The van der Waals surface area contributed by atoms with Crippen molar-refractivity contribution in [1.29, 1.82) is 0 Å². The van der Waals surface area contributed by atoms with Gasteiger partial charge in [0.05, 0.1) is 13.2 Å². The molecule has 7 heteroatoms. The highest BCUT2D eigenvalue weighted by Crippen LogP contribution is 2.38. The van der Waals surface area contributed by atoms with E-state index in [0.29, 0.717) is 71.8 Å². The smallest absolute Gasteiger partial charge is 0.159 e. The topological polar surface area (TPSA) is 60.8 Å². The Morgan fingerprint density at radius 3 is 1.30 bits per heavy atom. The second-order valence-corrected chi connectivity index (χ2v) is 13.7. The maximum absolute atomic E-state index is 15.0. The molecule has 0 saturated heterocycles. The van der Waals surface area contributed by atoms with Crippen LogP contribution in [0.5, 0.6) is 0 Å². The lowest BCUT2D eigenvalue weighted by atomic mass is 9.78. The van der Waals surface area contributed by atoms with Crippen molar-refractivity contribution in [3.05, 3.63) is 95.1 Å². The van der Waals surface area contributed by atoms with Gasteiger partial charge in [-0.25, -0.2) is 28.7 Å². The Balaban J connectivity index is 0.947. The molecule has 2 saturated carbocycles. The highest BCUT2D eigenvalue weighted by atomic mass is 19.1. The molecule has 2 heterocycles. The van der Waals surface area contributed by atoms with Crippen molar-refractivity contribution in [1.82, 2.24) is 19.9 Å². The van der Waals surface area contributed by atoms with E-state index in [2.05, 4.69) is 33.8 Å². The highest BCUT2D eigenvalue weighted by molar-refractivity contribution is 5.56. The number of halogens is 2. The number of nitrogens with zero attached hydrogens (tertiary/aromatic N) is 4. The molecule has 2 fully saturated rings. The van der Waals surface area contributed by atoms with Crippen LogP contribution in [0.25, 0.3) is 22.8 Å². The third-order valence-electron chi connectivity index (χ3n) is 10.8. The lowest BCUT2D eigenvalue weighted by Gasteiger charge is -2.27. The molecule has 0 aliphatic heterocycles. The van der Waals surface area contributed by atoms with Gasteiger partial charge in [0.15, 0.2) is 11.6 Å². The fraction of sp³-hybridized carbons (Fsp3) is 0.500. The molecule has 47 heavy (non-hydrogen) atoms. The van der Waals surface area contributed by atoms with E-state index < -0.39 is 0 Å². The van der Waals surface area contributed by atoms with Gasteiger partial charge in [-0.2, -0.15) is 0 Å². The summed E-state index contributed by atoms with van der Waals surface area (Å²) in [6.45, 7) is 5.25. The van der Waals surface area contributed by atoms with Gasteiger partial charge in [0, 0.05) is 35.9 Å². The second-order valence-electron chi connectivity index (χ2n) is 13.7. The zero-order valence-corrected chi connectivity index (χ0v) is 27.9. The normalized spacial score (nSPS) is 21.5. The summed E-state index contributed by atoms with van der Waals surface area (Å²) < 4.78 is 35.7. The van der Waals surface area contributed by atoms with Crippen molar-refractivity contribution in [3.63, 3.8) is 0 Å². The summed E-state index contributed by atoms with van der Waals surface area (Å²) in [5.74, 6) is 3.25. The first kappa shape index (κ1) is 33.3. The van der Waals surface area contributed by atoms with Gasteiger partial charge in [-0.15, -0.1) is 0 Å². The number of hydrogen-bond donors (Lipinski definition) is 0. The molecule has 2 aromatic heterocycles. The Morgan fingerprint density at radius 1 is 0.574 bits per heavy atom. The molecule has 0 spiro atoms. The van der Waals surface area contributed by atoms with Crippen molar-refractivity contribution in [2.45, 2.75) is 103 Å². The van der Waals surface area contributed by atoms with E-state index in [9.17, 15) is 8.78 Å². The van der Waals surface area contributed by atoms with E-state index in [4.69, 9.17) is 4.74 Å². The fourth-order valence-corrected chi connectivity index (χ4v) is 7.45. The summed E-state index contributed by atoms with van der Waals surface area (Å²) in [6, 6.07) is 10.3. The number of ether oxygens (including phenoxy) is 1. The molecule has 0 N–H and O–H groups in total. The molecule has 5 nitrogen and oxygen atoms in total. The summed E-state index contributed by atoms with van der Waals surface area (Å²) in [7, 11) is 0. The second kappa shape index (κ2) is 16.0. The van der Waals surface area contributed by atoms with Crippen LogP contribution in [0.2, 0.25) is 0 Å². The van der Waals surface area contributed by atoms with Crippen LogP contribution in [0.15, 0.2) is 61.2 Å². The van der Waals surface area contributed by atoms with Gasteiger partial charge in [-0.1, -0.05) is 51.0 Å². The van der Waals surface area contributed by atoms with Gasteiger partial charge < -0.3 is 4.74 Å². The monoisotopic (exact) mass is 638 g/mol. The van der Waals surface area contributed by atoms with Gasteiger partial charge in [0.1, 0.15) is 11.6 Å². The van der Waals surface area contributed by atoms with E-state index in [1.807, 2.05) is 36.9 Å². The minimum Gasteiger partial charge on any atom is -0.381 e. The van der Waals surface area contributed by atoms with Crippen LogP contribution in [0, 0.1) is 23.5 Å². The van der Waals surface area contributed by atoms with E-state index in [0.717, 1.165) is 11.8 Å².